The number of aliphatic hydroxyl groups excluding tert-OH is 2. The summed E-state index contributed by atoms with van der Waals surface area (Å²) in [7, 11) is 0. The van der Waals surface area contributed by atoms with Crippen LogP contribution in [0.1, 0.15) is 112 Å². The number of aliphatic hydroxyl groups is 2. The van der Waals surface area contributed by atoms with E-state index < -0.39 is 6.10 Å². The predicted molar refractivity (Wildman–Crippen MR) is 235 cm³/mol. The van der Waals surface area contributed by atoms with Crippen LogP contribution in [0.2, 0.25) is 0 Å². The van der Waals surface area contributed by atoms with E-state index in [1.54, 1.807) is 0 Å². The zero-order chi connectivity index (χ0) is 40.7. The van der Waals surface area contributed by atoms with Crippen molar-refractivity contribution in [2.75, 3.05) is 0 Å². The number of pyridine rings is 2. The molecule has 0 aliphatic rings. The van der Waals surface area contributed by atoms with Crippen molar-refractivity contribution in [2.24, 2.45) is 11.8 Å². The fourth-order valence-corrected chi connectivity index (χ4v) is 6.40. The maximum absolute atomic E-state index is 9.31. The quantitative estimate of drug-likeness (QED) is 0.123. The standard InChI is InChI=1S/2C21H22N.C9H18O2.2Ir/c2*1-13(2)18-7-6-8-21-19(18)9-10-20(22-21)17-11-14(3)16(5)15(4)12-17;1-6(2)8(10)5-9(11)7(3)4;;/h2*6-11,13H,1-5H3;5-8,10-11H,1-4H3;;/q2*-1;;;. The van der Waals surface area contributed by atoms with Crippen molar-refractivity contribution in [1.29, 1.82) is 0 Å². The molecule has 4 aromatic carbocycles. The predicted octanol–water partition coefficient (Wildman–Crippen LogP) is 13.6. The molecular formula is C51H62Ir2N2O2-2. The summed E-state index contributed by atoms with van der Waals surface area (Å²) in [6, 6.07) is 32.7. The van der Waals surface area contributed by atoms with Gasteiger partial charge in [0.05, 0.1) is 22.9 Å². The Bertz CT molecular complexity index is 2100. The summed E-state index contributed by atoms with van der Waals surface area (Å²) >= 11 is 0. The number of benzene rings is 4. The first-order chi connectivity index (χ1) is 25.9. The number of hydrogen-bond donors (Lipinski definition) is 2. The summed E-state index contributed by atoms with van der Waals surface area (Å²) in [4.78, 5) is 9.74. The second-order valence-electron chi connectivity index (χ2n) is 16.2. The maximum Gasteiger partial charge on any atom is 0.0933 e. The first-order valence-electron chi connectivity index (χ1n) is 19.8. The van der Waals surface area contributed by atoms with Crippen LogP contribution in [0.5, 0.6) is 0 Å². The van der Waals surface area contributed by atoms with Gasteiger partial charge in [0.25, 0.3) is 0 Å². The zero-order valence-corrected chi connectivity index (χ0v) is 41.1. The molecule has 0 saturated carbocycles. The molecule has 0 aliphatic carbocycles. The molecule has 2 heterocycles. The zero-order valence-electron chi connectivity index (χ0n) is 36.3. The average molecular weight is 1120 g/mol. The number of aryl methyl sites for hydroxylation is 4. The largest absolute Gasteiger partial charge is 0.512 e. The Kier molecular flexibility index (Phi) is 19.2. The van der Waals surface area contributed by atoms with Crippen molar-refractivity contribution >= 4 is 21.8 Å². The van der Waals surface area contributed by atoms with E-state index in [0.717, 1.165) is 33.5 Å². The smallest absolute Gasteiger partial charge is 0.0933 e. The van der Waals surface area contributed by atoms with Crippen LogP contribution >= 0.6 is 0 Å². The molecule has 308 valence electrons. The van der Waals surface area contributed by atoms with Crippen LogP contribution in [0.25, 0.3) is 44.3 Å². The number of aromatic nitrogens is 2. The molecule has 0 aliphatic heterocycles. The number of fused-ring (bicyclic) bond motifs is 2. The molecule has 2 N–H and O–H groups in total. The van der Waals surface area contributed by atoms with Crippen LogP contribution < -0.4 is 0 Å². The molecule has 6 heteroatoms. The van der Waals surface area contributed by atoms with E-state index in [-0.39, 0.29) is 57.8 Å². The minimum Gasteiger partial charge on any atom is -0.512 e. The Balaban J connectivity index is 0.000000307. The number of nitrogens with zero attached hydrogens (tertiary/aromatic N) is 2. The third-order valence-electron chi connectivity index (χ3n) is 10.6. The minimum absolute atomic E-state index is 0. The second-order valence-corrected chi connectivity index (χ2v) is 16.2. The molecule has 6 aromatic rings. The maximum atomic E-state index is 9.31. The molecule has 0 amide bonds. The van der Waals surface area contributed by atoms with Crippen LogP contribution in [0.3, 0.4) is 0 Å². The summed E-state index contributed by atoms with van der Waals surface area (Å²) in [6.45, 7) is 29.3. The Morgan fingerprint density at radius 3 is 1.28 bits per heavy atom. The summed E-state index contributed by atoms with van der Waals surface area (Å²) in [5.74, 6) is 1.55. The molecule has 0 fully saturated rings. The molecule has 2 radical (unpaired) electrons. The van der Waals surface area contributed by atoms with E-state index in [1.807, 2.05) is 27.7 Å². The SMILES string of the molecule is CC(C)C(O)=CC(O)C(C)C.Cc1[c-]c(-c2ccc3c(C(C)C)cccc3n2)cc(C)c1C.Cc1[c-]c(-c2ccc3c(C(C)C)cccc3n2)cc(C)c1C.[Ir].[Ir]. The first kappa shape index (κ1) is 49.6. The Morgan fingerprint density at radius 2 is 0.965 bits per heavy atom. The molecular weight excluding hydrogens is 1060 g/mol. The van der Waals surface area contributed by atoms with Gasteiger partial charge in [-0.25, -0.2) is 0 Å². The van der Waals surface area contributed by atoms with Crippen LogP contribution in [-0.2, 0) is 40.2 Å². The van der Waals surface area contributed by atoms with Crippen LogP contribution in [0.15, 0.2) is 84.6 Å². The van der Waals surface area contributed by atoms with Gasteiger partial charge in [0.2, 0.25) is 0 Å². The first-order valence-corrected chi connectivity index (χ1v) is 19.8. The third kappa shape index (κ3) is 12.7. The molecule has 0 saturated heterocycles. The molecule has 6 rings (SSSR count). The van der Waals surface area contributed by atoms with Gasteiger partial charge >= 0.3 is 0 Å². The molecule has 1 atom stereocenters. The Labute approximate surface area is 370 Å². The van der Waals surface area contributed by atoms with E-state index in [9.17, 15) is 10.2 Å². The number of rotatable bonds is 7. The molecule has 4 nitrogen and oxygen atoms in total. The van der Waals surface area contributed by atoms with Crippen LogP contribution in [-0.4, -0.2) is 26.3 Å². The number of hydrogen-bond acceptors (Lipinski definition) is 4. The summed E-state index contributed by atoms with van der Waals surface area (Å²) in [5, 5.41) is 21.1. The average Bonchev–Trinajstić information content (AvgIpc) is 3.14. The van der Waals surface area contributed by atoms with Crippen molar-refractivity contribution in [1.82, 2.24) is 9.97 Å². The van der Waals surface area contributed by atoms with Crippen LogP contribution in [0.4, 0.5) is 0 Å². The third-order valence-corrected chi connectivity index (χ3v) is 10.6. The van der Waals surface area contributed by atoms with Gasteiger partial charge in [0.1, 0.15) is 0 Å². The second kappa shape index (κ2) is 22.0. The monoisotopic (exact) mass is 1120 g/mol. The fourth-order valence-electron chi connectivity index (χ4n) is 6.40. The van der Waals surface area contributed by atoms with Gasteiger partial charge in [0.15, 0.2) is 0 Å². The van der Waals surface area contributed by atoms with Gasteiger partial charge in [-0.2, -0.15) is 0 Å². The molecule has 2 aromatic heterocycles. The Hall–Kier alpha value is -3.50. The fraction of sp³-hybridized carbons (Fsp3) is 0.373. The topological polar surface area (TPSA) is 66.2 Å². The van der Waals surface area contributed by atoms with Gasteiger partial charge < -0.3 is 10.2 Å². The Morgan fingerprint density at radius 1 is 0.579 bits per heavy atom. The minimum atomic E-state index is -0.530. The van der Waals surface area contributed by atoms with Crippen molar-refractivity contribution in [2.45, 2.75) is 115 Å². The van der Waals surface area contributed by atoms with Gasteiger partial charge in [0, 0.05) is 56.9 Å². The van der Waals surface area contributed by atoms with E-state index in [1.165, 1.54) is 61.4 Å². The normalized spacial score (nSPS) is 11.9. The summed E-state index contributed by atoms with van der Waals surface area (Å²) in [5.41, 5.74) is 16.6. The van der Waals surface area contributed by atoms with Gasteiger partial charge in [-0.1, -0.05) is 145 Å². The van der Waals surface area contributed by atoms with Crippen molar-refractivity contribution in [3.05, 3.63) is 141 Å². The van der Waals surface area contributed by atoms with Crippen molar-refractivity contribution in [3.63, 3.8) is 0 Å². The number of allylic oxidation sites excluding steroid dienone is 1. The van der Waals surface area contributed by atoms with Gasteiger partial charge in [-0.05, 0) is 58.5 Å². The summed E-state index contributed by atoms with van der Waals surface area (Å²) < 4.78 is 0. The molecule has 0 bridgehead atoms. The van der Waals surface area contributed by atoms with Gasteiger partial charge in [-0.3, -0.25) is 9.97 Å². The van der Waals surface area contributed by atoms with E-state index in [4.69, 9.17) is 9.97 Å². The van der Waals surface area contributed by atoms with Gasteiger partial charge in [-0.15, -0.1) is 68.8 Å². The van der Waals surface area contributed by atoms with E-state index >= 15 is 0 Å². The molecule has 57 heavy (non-hydrogen) atoms. The molecule has 1 unspecified atom stereocenters. The van der Waals surface area contributed by atoms with E-state index in [2.05, 4.69) is 154 Å². The van der Waals surface area contributed by atoms with Crippen molar-refractivity contribution < 1.29 is 50.4 Å². The van der Waals surface area contributed by atoms with E-state index in [0.29, 0.717) is 11.8 Å². The summed E-state index contributed by atoms with van der Waals surface area (Å²) in [6.07, 6.45) is 0.979. The van der Waals surface area contributed by atoms with Crippen LogP contribution in [0, 0.1) is 65.5 Å². The van der Waals surface area contributed by atoms with Crippen molar-refractivity contribution in [3.8, 4) is 22.5 Å². The molecule has 0 spiro atoms.